The summed E-state index contributed by atoms with van der Waals surface area (Å²) in [6, 6.07) is 16.1. The van der Waals surface area contributed by atoms with Crippen molar-refractivity contribution in [3.8, 4) is 0 Å². The first kappa shape index (κ1) is 20.5. The van der Waals surface area contributed by atoms with Gasteiger partial charge in [0.05, 0.1) is 23.6 Å². The van der Waals surface area contributed by atoms with E-state index in [1.165, 1.54) is 0 Å². The van der Waals surface area contributed by atoms with E-state index in [1.807, 2.05) is 57.2 Å². The summed E-state index contributed by atoms with van der Waals surface area (Å²) in [6.07, 6.45) is 0.473. The molecule has 1 aliphatic heterocycles. The van der Waals surface area contributed by atoms with E-state index in [1.54, 1.807) is 0 Å². The topological polar surface area (TPSA) is 59.4 Å². The second kappa shape index (κ2) is 8.19. The number of hydrogen-bond acceptors (Lipinski definition) is 4. The van der Waals surface area contributed by atoms with Crippen LogP contribution in [-0.2, 0) is 11.3 Å². The average Bonchev–Trinajstić information content (AvgIpc) is 3.25. The van der Waals surface area contributed by atoms with Crippen LogP contribution < -0.4 is 10.2 Å². The van der Waals surface area contributed by atoms with E-state index >= 15 is 0 Å². The molecule has 1 aliphatic rings. The number of nitrogens with zero attached hydrogens (tertiary/aromatic N) is 3. The number of nitrogens with one attached hydrogen (secondary N) is 1. The molecule has 0 aliphatic carbocycles. The van der Waals surface area contributed by atoms with Gasteiger partial charge in [-0.2, -0.15) is 0 Å². The summed E-state index contributed by atoms with van der Waals surface area (Å²) in [5.41, 5.74) is 2.65. The van der Waals surface area contributed by atoms with Gasteiger partial charge in [0.1, 0.15) is 5.60 Å². The van der Waals surface area contributed by atoms with Crippen molar-refractivity contribution in [2.75, 3.05) is 18.0 Å². The second-order valence-electron chi connectivity index (χ2n) is 8.69. The zero-order valence-electron chi connectivity index (χ0n) is 17.6. The second-order valence-corrected chi connectivity index (χ2v) is 9.13. The molecule has 2 aromatic carbocycles. The summed E-state index contributed by atoms with van der Waals surface area (Å²) in [5, 5.41) is 3.71. The molecule has 158 valence electrons. The van der Waals surface area contributed by atoms with Crippen LogP contribution in [0.4, 0.5) is 10.7 Å². The standard InChI is InChI=1S/C23H27ClN4O2/c1-23(2,3)30-22(29)25-18-11-12-27(15-18)21-26-19-9-4-5-10-20(19)28(21)14-16-7-6-8-17(24)13-16/h4-10,13,18H,11-12,14-15H2,1-3H3,(H,25,29)/t18-/m0/s1. The van der Waals surface area contributed by atoms with E-state index in [9.17, 15) is 4.79 Å². The van der Waals surface area contributed by atoms with E-state index in [4.69, 9.17) is 21.3 Å². The zero-order valence-corrected chi connectivity index (χ0v) is 18.3. The minimum absolute atomic E-state index is 0.0271. The molecule has 1 fully saturated rings. The van der Waals surface area contributed by atoms with Gasteiger partial charge in [0.15, 0.2) is 0 Å². The van der Waals surface area contributed by atoms with Crippen molar-refractivity contribution in [1.29, 1.82) is 0 Å². The van der Waals surface area contributed by atoms with Gasteiger partial charge < -0.3 is 19.5 Å². The molecule has 1 saturated heterocycles. The number of ether oxygens (including phenoxy) is 1. The highest BCUT2D eigenvalue weighted by molar-refractivity contribution is 6.30. The van der Waals surface area contributed by atoms with Crippen LogP contribution in [0.5, 0.6) is 0 Å². The van der Waals surface area contributed by atoms with Gasteiger partial charge in [-0.1, -0.05) is 35.9 Å². The lowest BCUT2D eigenvalue weighted by Crippen LogP contribution is -2.40. The number of alkyl carbamates (subject to hydrolysis) is 1. The van der Waals surface area contributed by atoms with Crippen LogP contribution in [0.25, 0.3) is 11.0 Å². The number of halogens is 1. The summed E-state index contributed by atoms with van der Waals surface area (Å²) >= 11 is 6.20. The van der Waals surface area contributed by atoms with Crippen molar-refractivity contribution in [2.24, 2.45) is 0 Å². The molecule has 0 bridgehead atoms. The van der Waals surface area contributed by atoms with Crippen molar-refractivity contribution in [3.05, 3.63) is 59.1 Å². The number of imidazole rings is 1. The Kier molecular flexibility index (Phi) is 5.60. The Morgan fingerprint density at radius 1 is 1.23 bits per heavy atom. The van der Waals surface area contributed by atoms with Gasteiger partial charge in [0.25, 0.3) is 0 Å². The molecule has 0 spiro atoms. The highest BCUT2D eigenvalue weighted by Crippen LogP contribution is 2.27. The summed E-state index contributed by atoms with van der Waals surface area (Å²) in [6.45, 7) is 7.79. The minimum Gasteiger partial charge on any atom is -0.444 e. The third-order valence-electron chi connectivity index (χ3n) is 5.06. The average molecular weight is 427 g/mol. The van der Waals surface area contributed by atoms with Crippen molar-refractivity contribution in [1.82, 2.24) is 14.9 Å². The summed E-state index contributed by atoms with van der Waals surface area (Å²) in [7, 11) is 0. The van der Waals surface area contributed by atoms with Crippen molar-refractivity contribution < 1.29 is 9.53 Å². The normalized spacial score (nSPS) is 16.8. The predicted octanol–water partition coefficient (Wildman–Crippen LogP) is 4.84. The molecule has 30 heavy (non-hydrogen) atoms. The molecule has 4 rings (SSSR count). The Hall–Kier alpha value is -2.73. The van der Waals surface area contributed by atoms with Crippen molar-refractivity contribution >= 4 is 34.7 Å². The number of carbonyl (C=O) groups is 1. The molecule has 3 aromatic rings. The zero-order chi connectivity index (χ0) is 21.3. The molecule has 1 atom stereocenters. The number of para-hydroxylation sites is 2. The quantitative estimate of drug-likeness (QED) is 0.648. The van der Waals surface area contributed by atoms with Gasteiger partial charge >= 0.3 is 6.09 Å². The SMILES string of the molecule is CC(C)(C)OC(=O)N[C@H]1CCN(c2nc3ccccc3n2Cc2cccc(Cl)c2)C1. The van der Waals surface area contributed by atoms with Gasteiger partial charge in [0.2, 0.25) is 5.95 Å². The lowest BCUT2D eigenvalue weighted by molar-refractivity contribution is 0.0509. The Morgan fingerprint density at radius 2 is 2.03 bits per heavy atom. The van der Waals surface area contributed by atoms with Crippen LogP contribution in [0, 0.1) is 0 Å². The van der Waals surface area contributed by atoms with E-state index in [2.05, 4.69) is 26.9 Å². The smallest absolute Gasteiger partial charge is 0.407 e. The number of aromatic nitrogens is 2. The third kappa shape index (κ3) is 4.70. The molecule has 0 saturated carbocycles. The van der Waals surface area contributed by atoms with Crippen LogP contribution in [-0.4, -0.2) is 40.4 Å². The number of anilines is 1. The van der Waals surface area contributed by atoms with E-state index < -0.39 is 5.60 Å². The first-order chi connectivity index (χ1) is 14.3. The highest BCUT2D eigenvalue weighted by atomic mass is 35.5. The number of fused-ring (bicyclic) bond motifs is 1. The van der Waals surface area contributed by atoms with Crippen LogP contribution in [0.15, 0.2) is 48.5 Å². The number of hydrogen-bond donors (Lipinski definition) is 1. The number of rotatable bonds is 4. The number of amides is 1. The predicted molar refractivity (Wildman–Crippen MR) is 120 cm³/mol. The van der Waals surface area contributed by atoms with Crippen LogP contribution in [0.2, 0.25) is 5.02 Å². The lowest BCUT2D eigenvalue weighted by Gasteiger charge is -2.22. The van der Waals surface area contributed by atoms with E-state index in [0.29, 0.717) is 13.1 Å². The summed E-state index contributed by atoms with van der Waals surface area (Å²) in [5.74, 6) is 0.907. The Morgan fingerprint density at radius 3 is 2.80 bits per heavy atom. The maximum atomic E-state index is 12.2. The van der Waals surface area contributed by atoms with Crippen LogP contribution >= 0.6 is 11.6 Å². The van der Waals surface area contributed by atoms with E-state index in [0.717, 1.165) is 40.5 Å². The molecule has 1 N–H and O–H groups in total. The number of carbonyl (C=O) groups excluding carboxylic acids is 1. The molecular formula is C23H27ClN4O2. The fourth-order valence-electron chi connectivity index (χ4n) is 3.81. The van der Waals surface area contributed by atoms with Gasteiger partial charge in [-0.3, -0.25) is 0 Å². The van der Waals surface area contributed by atoms with Crippen LogP contribution in [0.3, 0.4) is 0 Å². The molecule has 0 radical (unpaired) electrons. The largest absolute Gasteiger partial charge is 0.444 e. The molecule has 1 amide bonds. The van der Waals surface area contributed by atoms with E-state index in [-0.39, 0.29) is 12.1 Å². The van der Waals surface area contributed by atoms with Gasteiger partial charge in [-0.25, -0.2) is 9.78 Å². The molecule has 0 unspecified atom stereocenters. The third-order valence-corrected chi connectivity index (χ3v) is 5.29. The monoisotopic (exact) mass is 426 g/mol. The molecule has 7 heteroatoms. The summed E-state index contributed by atoms with van der Waals surface area (Å²) in [4.78, 5) is 19.3. The maximum absolute atomic E-state index is 12.2. The van der Waals surface area contributed by atoms with Crippen LogP contribution in [0.1, 0.15) is 32.8 Å². The Bertz CT molecular complexity index is 1060. The molecule has 1 aromatic heterocycles. The van der Waals surface area contributed by atoms with Gasteiger partial charge in [-0.05, 0) is 57.0 Å². The Labute approximate surface area is 181 Å². The molecule has 2 heterocycles. The first-order valence-corrected chi connectivity index (χ1v) is 10.6. The summed E-state index contributed by atoms with van der Waals surface area (Å²) < 4.78 is 7.62. The minimum atomic E-state index is -0.507. The van der Waals surface area contributed by atoms with Crippen molar-refractivity contribution in [3.63, 3.8) is 0 Å². The maximum Gasteiger partial charge on any atom is 0.407 e. The number of benzene rings is 2. The lowest BCUT2D eigenvalue weighted by atomic mass is 10.2. The Balaban J connectivity index is 1.56. The fourth-order valence-corrected chi connectivity index (χ4v) is 4.02. The molecular weight excluding hydrogens is 400 g/mol. The molecule has 6 nitrogen and oxygen atoms in total. The highest BCUT2D eigenvalue weighted by Gasteiger charge is 2.29. The van der Waals surface area contributed by atoms with Gasteiger partial charge in [0, 0.05) is 18.1 Å². The van der Waals surface area contributed by atoms with Gasteiger partial charge in [-0.15, -0.1) is 0 Å². The van der Waals surface area contributed by atoms with Crippen molar-refractivity contribution in [2.45, 2.75) is 45.4 Å². The fraction of sp³-hybridized carbons (Fsp3) is 0.391. The first-order valence-electron chi connectivity index (χ1n) is 10.2.